The van der Waals surface area contributed by atoms with Crippen LogP contribution in [0, 0.1) is 17.3 Å². The monoisotopic (exact) mass is 284 g/mol. The zero-order valence-corrected chi connectivity index (χ0v) is 15.0. The van der Waals surface area contributed by atoms with Gasteiger partial charge in [0.2, 0.25) is 0 Å². The fraction of sp³-hybridized carbons (Fsp3) is 1.00. The molecule has 2 heteroatoms. The van der Waals surface area contributed by atoms with E-state index in [1.54, 1.807) is 0 Å². The third-order valence-electron chi connectivity index (χ3n) is 4.89. The van der Waals surface area contributed by atoms with Gasteiger partial charge in [0.05, 0.1) is 0 Å². The van der Waals surface area contributed by atoms with Crippen molar-refractivity contribution < 1.29 is 0 Å². The molecular formula is C18H40N2. The van der Waals surface area contributed by atoms with Crippen LogP contribution in [0.15, 0.2) is 0 Å². The fourth-order valence-corrected chi connectivity index (χ4v) is 3.06. The first-order valence-corrected chi connectivity index (χ1v) is 8.81. The Hall–Kier alpha value is -0.0800. The molecule has 0 rings (SSSR count). The number of nitrogens with two attached hydrogens (primary N) is 1. The predicted octanol–water partition coefficient (Wildman–Crippen LogP) is 4.54. The molecule has 0 aliphatic rings. The molecule has 1 unspecified atom stereocenters. The Morgan fingerprint density at radius 1 is 1.00 bits per heavy atom. The third-order valence-corrected chi connectivity index (χ3v) is 4.89. The van der Waals surface area contributed by atoms with Gasteiger partial charge in [-0.1, -0.05) is 54.4 Å². The highest BCUT2D eigenvalue weighted by atomic mass is 15.1. The maximum atomic E-state index is 5.78. The van der Waals surface area contributed by atoms with Gasteiger partial charge < -0.3 is 10.6 Å². The van der Waals surface area contributed by atoms with Gasteiger partial charge in [-0.25, -0.2) is 0 Å². The van der Waals surface area contributed by atoms with Crippen molar-refractivity contribution in [2.24, 2.45) is 23.0 Å². The van der Waals surface area contributed by atoms with E-state index >= 15 is 0 Å². The normalized spacial score (nSPS) is 14.2. The molecule has 2 N–H and O–H groups in total. The smallest absolute Gasteiger partial charge is 0.000934 e. The zero-order chi connectivity index (χ0) is 15.6. The molecule has 122 valence electrons. The van der Waals surface area contributed by atoms with Gasteiger partial charge in [-0.05, 0) is 56.1 Å². The zero-order valence-electron chi connectivity index (χ0n) is 15.0. The van der Waals surface area contributed by atoms with Gasteiger partial charge in [-0.15, -0.1) is 0 Å². The summed E-state index contributed by atoms with van der Waals surface area (Å²) in [4.78, 5) is 2.64. The van der Waals surface area contributed by atoms with Crippen molar-refractivity contribution in [3.8, 4) is 0 Å². The SMILES string of the molecule is CCC(CC)CN(CC)CCCC(CCN)C(C)(C)C. The minimum Gasteiger partial charge on any atom is -0.330 e. The van der Waals surface area contributed by atoms with E-state index in [1.807, 2.05) is 0 Å². The second kappa shape index (κ2) is 10.6. The molecule has 0 aliphatic carbocycles. The molecule has 0 heterocycles. The molecule has 0 aromatic heterocycles. The van der Waals surface area contributed by atoms with Crippen molar-refractivity contribution in [2.75, 3.05) is 26.2 Å². The molecule has 2 nitrogen and oxygen atoms in total. The van der Waals surface area contributed by atoms with Crippen molar-refractivity contribution in [3.05, 3.63) is 0 Å². The highest BCUT2D eigenvalue weighted by Gasteiger charge is 2.23. The van der Waals surface area contributed by atoms with Crippen molar-refractivity contribution in [3.63, 3.8) is 0 Å². The fourth-order valence-electron chi connectivity index (χ4n) is 3.06. The van der Waals surface area contributed by atoms with Crippen LogP contribution in [0.1, 0.15) is 73.6 Å². The first-order valence-electron chi connectivity index (χ1n) is 8.81. The quantitative estimate of drug-likeness (QED) is 0.604. The Kier molecular flexibility index (Phi) is 10.6. The van der Waals surface area contributed by atoms with Crippen LogP contribution in [0.2, 0.25) is 0 Å². The lowest BCUT2D eigenvalue weighted by Crippen LogP contribution is -2.31. The summed E-state index contributed by atoms with van der Waals surface area (Å²) in [6.07, 6.45) is 6.42. The summed E-state index contributed by atoms with van der Waals surface area (Å²) in [5.74, 6) is 1.64. The molecule has 0 aromatic rings. The van der Waals surface area contributed by atoms with Crippen LogP contribution in [0.25, 0.3) is 0 Å². The van der Waals surface area contributed by atoms with Crippen LogP contribution in [0.5, 0.6) is 0 Å². The Balaban J connectivity index is 4.15. The molecule has 1 atom stereocenters. The van der Waals surface area contributed by atoms with Gasteiger partial charge >= 0.3 is 0 Å². The summed E-state index contributed by atoms with van der Waals surface area (Å²) in [7, 11) is 0. The van der Waals surface area contributed by atoms with Crippen molar-refractivity contribution in [1.82, 2.24) is 4.90 Å². The maximum Gasteiger partial charge on any atom is 0.000934 e. The van der Waals surface area contributed by atoms with Gasteiger partial charge in [0.15, 0.2) is 0 Å². The van der Waals surface area contributed by atoms with Gasteiger partial charge in [0.25, 0.3) is 0 Å². The minimum absolute atomic E-state index is 0.395. The number of nitrogens with zero attached hydrogens (tertiary/aromatic N) is 1. The topological polar surface area (TPSA) is 29.3 Å². The van der Waals surface area contributed by atoms with E-state index < -0.39 is 0 Å². The molecule has 0 bridgehead atoms. The Morgan fingerprint density at radius 2 is 1.60 bits per heavy atom. The molecule has 0 fully saturated rings. The van der Waals surface area contributed by atoms with Crippen molar-refractivity contribution in [2.45, 2.75) is 73.6 Å². The lowest BCUT2D eigenvalue weighted by molar-refractivity contribution is 0.185. The van der Waals surface area contributed by atoms with Crippen LogP contribution >= 0.6 is 0 Å². The summed E-state index contributed by atoms with van der Waals surface area (Å²) in [5, 5.41) is 0. The van der Waals surface area contributed by atoms with Crippen LogP contribution in [-0.4, -0.2) is 31.1 Å². The number of hydrogen-bond acceptors (Lipinski definition) is 2. The molecule has 0 saturated heterocycles. The summed E-state index contributed by atoms with van der Waals surface area (Å²) in [6, 6.07) is 0. The Morgan fingerprint density at radius 3 is 2.00 bits per heavy atom. The number of rotatable bonds is 11. The second-order valence-electron chi connectivity index (χ2n) is 7.36. The average molecular weight is 285 g/mol. The molecule has 0 saturated carbocycles. The largest absolute Gasteiger partial charge is 0.330 e. The van der Waals surface area contributed by atoms with Crippen LogP contribution in [0.4, 0.5) is 0 Å². The van der Waals surface area contributed by atoms with Crippen molar-refractivity contribution in [1.29, 1.82) is 0 Å². The summed E-state index contributed by atoms with van der Waals surface area (Å²) in [6.45, 7) is 18.5. The maximum absolute atomic E-state index is 5.78. The van der Waals surface area contributed by atoms with E-state index in [9.17, 15) is 0 Å². The molecular weight excluding hydrogens is 244 g/mol. The first-order chi connectivity index (χ1) is 9.38. The molecule has 0 aromatic carbocycles. The highest BCUT2D eigenvalue weighted by molar-refractivity contribution is 4.75. The van der Waals surface area contributed by atoms with Gasteiger partial charge in [0.1, 0.15) is 0 Å². The Labute approximate surface area is 128 Å². The lowest BCUT2D eigenvalue weighted by atomic mass is 9.76. The van der Waals surface area contributed by atoms with Crippen molar-refractivity contribution >= 4 is 0 Å². The van der Waals surface area contributed by atoms with Crippen LogP contribution in [0.3, 0.4) is 0 Å². The first kappa shape index (κ1) is 19.9. The van der Waals surface area contributed by atoms with Crippen LogP contribution in [-0.2, 0) is 0 Å². The average Bonchev–Trinajstić information content (AvgIpc) is 2.40. The molecule has 20 heavy (non-hydrogen) atoms. The van der Waals surface area contributed by atoms with Gasteiger partial charge in [0, 0.05) is 6.54 Å². The Bertz CT molecular complexity index is 216. The van der Waals surface area contributed by atoms with E-state index in [1.165, 1.54) is 51.7 Å². The minimum atomic E-state index is 0.395. The predicted molar refractivity (Wildman–Crippen MR) is 92.0 cm³/mol. The highest BCUT2D eigenvalue weighted by Crippen LogP contribution is 2.32. The van der Waals surface area contributed by atoms with Gasteiger partial charge in [-0.3, -0.25) is 0 Å². The number of hydrogen-bond donors (Lipinski definition) is 1. The lowest BCUT2D eigenvalue weighted by Gasteiger charge is -2.32. The molecule has 0 radical (unpaired) electrons. The standard InChI is InChI=1S/C18H40N2/c1-7-16(8-2)15-20(9-3)14-10-11-17(12-13-19)18(4,5)6/h16-17H,7-15,19H2,1-6H3. The van der Waals surface area contributed by atoms with E-state index in [0.29, 0.717) is 5.41 Å². The summed E-state index contributed by atoms with van der Waals surface area (Å²) < 4.78 is 0. The molecule has 0 amide bonds. The summed E-state index contributed by atoms with van der Waals surface area (Å²) in [5.41, 5.74) is 6.17. The van der Waals surface area contributed by atoms with E-state index in [2.05, 4.69) is 46.4 Å². The van der Waals surface area contributed by atoms with Gasteiger partial charge in [-0.2, -0.15) is 0 Å². The summed E-state index contributed by atoms with van der Waals surface area (Å²) >= 11 is 0. The second-order valence-corrected chi connectivity index (χ2v) is 7.36. The van der Waals surface area contributed by atoms with E-state index in [-0.39, 0.29) is 0 Å². The third kappa shape index (κ3) is 8.26. The van der Waals surface area contributed by atoms with E-state index in [4.69, 9.17) is 5.73 Å². The van der Waals surface area contributed by atoms with E-state index in [0.717, 1.165) is 18.4 Å². The van der Waals surface area contributed by atoms with Crippen LogP contribution < -0.4 is 5.73 Å². The molecule has 0 spiro atoms. The molecule has 0 aliphatic heterocycles.